The molecule has 0 bridgehead atoms. The van der Waals surface area contributed by atoms with Gasteiger partial charge < -0.3 is 14.6 Å². The van der Waals surface area contributed by atoms with Gasteiger partial charge in [-0.25, -0.2) is 8.42 Å². The van der Waals surface area contributed by atoms with E-state index in [2.05, 4.69) is 4.72 Å². The van der Waals surface area contributed by atoms with Crippen molar-refractivity contribution < 1.29 is 27.8 Å². The summed E-state index contributed by atoms with van der Waals surface area (Å²) in [5, 5.41) is 7.19. The Bertz CT molecular complexity index is 616. The number of anilines is 1. The monoisotopic (exact) mass is 323 g/mol. The van der Waals surface area contributed by atoms with Gasteiger partial charge in [0.15, 0.2) is 16.7 Å². The molecule has 7 nitrogen and oxygen atoms in total. The highest BCUT2D eigenvalue weighted by Crippen LogP contribution is 2.36. The van der Waals surface area contributed by atoms with Gasteiger partial charge >= 0.3 is 5.97 Å². The predicted octanol–water partition coefficient (Wildman–Crippen LogP) is 1.57. The molecule has 0 saturated heterocycles. The van der Waals surface area contributed by atoms with Crippen molar-refractivity contribution >= 4 is 33.3 Å². The van der Waals surface area contributed by atoms with Crippen molar-refractivity contribution in [1.29, 1.82) is 0 Å². The Hall–Kier alpha value is -1.67. The maximum absolute atomic E-state index is 11.8. The van der Waals surface area contributed by atoms with Gasteiger partial charge in [0.2, 0.25) is 10.0 Å². The van der Waals surface area contributed by atoms with Gasteiger partial charge in [0.05, 0.1) is 24.9 Å². The molecule has 1 rings (SSSR count). The van der Waals surface area contributed by atoms with Gasteiger partial charge in [0.25, 0.3) is 0 Å². The normalized spacial score (nSPS) is 12.6. The molecular formula is C11H14ClNO6S. The van der Waals surface area contributed by atoms with Crippen LogP contribution in [-0.2, 0) is 14.8 Å². The molecule has 0 saturated carbocycles. The summed E-state index contributed by atoms with van der Waals surface area (Å²) in [5.41, 5.74) is 0.0115. The number of methoxy groups -OCH3 is 2. The highest BCUT2D eigenvalue weighted by Gasteiger charge is 2.28. The van der Waals surface area contributed by atoms with Crippen molar-refractivity contribution in [2.75, 3.05) is 18.9 Å². The van der Waals surface area contributed by atoms with Crippen LogP contribution in [0.2, 0.25) is 5.02 Å². The molecule has 0 spiro atoms. The Kier molecular flexibility index (Phi) is 5.07. The van der Waals surface area contributed by atoms with Crippen LogP contribution in [0.15, 0.2) is 12.1 Å². The van der Waals surface area contributed by atoms with Crippen LogP contribution in [-0.4, -0.2) is 39.0 Å². The maximum atomic E-state index is 11.8. The Morgan fingerprint density at radius 3 is 2.25 bits per heavy atom. The molecule has 2 N–H and O–H groups in total. The predicted molar refractivity (Wildman–Crippen MR) is 74.2 cm³/mol. The first-order valence-electron chi connectivity index (χ1n) is 5.39. The molecule has 1 unspecified atom stereocenters. The highest BCUT2D eigenvalue weighted by molar-refractivity contribution is 7.94. The fraction of sp³-hybridized carbons (Fsp3) is 0.364. The van der Waals surface area contributed by atoms with E-state index in [0.29, 0.717) is 5.75 Å². The molecule has 112 valence electrons. The third kappa shape index (κ3) is 3.45. The van der Waals surface area contributed by atoms with Gasteiger partial charge in [0.1, 0.15) is 0 Å². The number of nitrogens with one attached hydrogen (secondary N) is 1. The van der Waals surface area contributed by atoms with Crippen molar-refractivity contribution in [3.63, 3.8) is 0 Å². The van der Waals surface area contributed by atoms with E-state index in [-0.39, 0.29) is 16.5 Å². The summed E-state index contributed by atoms with van der Waals surface area (Å²) < 4.78 is 35.8. The minimum atomic E-state index is -4.11. The first-order valence-corrected chi connectivity index (χ1v) is 7.31. The minimum absolute atomic E-state index is 0.0115. The van der Waals surface area contributed by atoms with E-state index in [1.54, 1.807) is 0 Å². The minimum Gasteiger partial charge on any atom is -0.493 e. The molecule has 0 fully saturated rings. The number of aliphatic carboxylic acids is 1. The molecule has 0 aliphatic heterocycles. The van der Waals surface area contributed by atoms with Crippen LogP contribution in [0.5, 0.6) is 11.5 Å². The van der Waals surface area contributed by atoms with Crippen molar-refractivity contribution in [3.05, 3.63) is 17.2 Å². The molecule has 0 heterocycles. The first-order chi connectivity index (χ1) is 9.22. The number of carbonyl (C=O) groups is 1. The second kappa shape index (κ2) is 6.19. The molecule has 1 atom stereocenters. The van der Waals surface area contributed by atoms with Crippen LogP contribution in [0.4, 0.5) is 5.69 Å². The summed E-state index contributed by atoms with van der Waals surface area (Å²) in [6.45, 7) is 1.05. The summed E-state index contributed by atoms with van der Waals surface area (Å²) in [6, 6.07) is 2.68. The second-order valence-corrected chi connectivity index (χ2v) is 6.22. The van der Waals surface area contributed by atoms with E-state index in [1.807, 2.05) is 0 Å². The van der Waals surface area contributed by atoms with E-state index in [4.69, 9.17) is 26.2 Å². The van der Waals surface area contributed by atoms with Crippen LogP contribution in [0, 0.1) is 0 Å². The zero-order valence-electron chi connectivity index (χ0n) is 11.0. The lowest BCUT2D eigenvalue weighted by molar-refractivity contribution is -0.136. The lowest BCUT2D eigenvalue weighted by Gasteiger charge is -2.15. The number of sulfonamides is 1. The van der Waals surface area contributed by atoms with Crippen molar-refractivity contribution in [2.45, 2.75) is 12.2 Å². The zero-order valence-corrected chi connectivity index (χ0v) is 12.6. The summed E-state index contributed by atoms with van der Waals surface area (Å²) >= 11 is 5.92. The second-order valence-electron chi connectivity index (χ2n) is 3.81. The van der Waals surface area contributed by atoms with Crippen molar-refractivity contribution in [3.8, 4) is 11.5 Å². The van der Waals surface area contributed by atoms with E-state index < -0.39 is 21.2 Å². The highest BCUT2D eigenvalue weighted by atomic mass is 35.5. The molecule has 9 heteroatoms. The van der Waals surface area contributed by atoms with Crippen molar-refractivity contribution in [2.24, 2.45) is 0 Å². The topological polar surface area (TPSA) is 102 Å². The Morgan fingerprint density at radius 1 is 1.30 bits per heavy atom. The van der Waals surface area contributed by atoms with E-state index in [9.17, 15) is 13.2 Å². The lowest BCUT2D eigenvalue weighted by atomic mass is 10.3. The van der Waals surface area contributed by atoms with E-state index >= 15 is 0 Å². The molecule has 0 amide bonds. The zero-order chi connectivity index (χ0) is 15.5. The standard InChI is InChI=1S/C11H14ClNO6S/c1-6(11(14)15)20(16,17)13-8-5-10(19-3)9(18-2)4-7(8)12/h4-6,13H,1-3H3,(H,14,15). The van der Waals surface area contributed by atoms with Gasteiger partial charge in [-0.3, -0.25) is 9.52 Å². The largest absolute Gasteiger partial charge is 0.493 e. The SMILES string of the molecule is COc1cc(Cl)c(NS(=O)(=O)C(C)C(=O)O)cc1OC. The quantitative estimate of drug-likeness (QED) is 0.824. The number of hydrogen-bond donors (Lipinski definition) is 2. The van der Waals surface area contributed by atoms with Gasteiger partial charge in [-0.2, -0.15) is 0 Å². The summed E-state index contributed by atoms with van der Waals surface area (Å²) in [5.74, 6) is -0.876. The smallest absolute Gasteiger partial charge is 0.323 e. The van der Waals surface area contributed by atoms with E-state index in [1.165, 1.54) is 26.4 Å². The molecule has 20 heavy (non-hydrogen) atoms. The average Bonchev–Trinajstić information content (AvgIpc) is 2.39. The summed E-state index contributed by atoms with van der Waals surface area (Å²) in [4.78, 5) is 10.7. The fourth-order valence-electron chi connectivity index (χ4n) is 1.31. The molecule has 0 aliphatic carbocycles. The molecule has 1 aromatic carbocycles. The summed E-state index contributed by atoms with van der Waals surface area (Å²) in [7, 11) is -1.32. The van der Waals surface area contributed by atoms with Gasteiger partial charge in [0, 0.05) is 12.1 Å². The molecular weight excluding hydrogens is 310 g/mol. The molecule has 1 aromatic rings. The Balaban J connectivity index is 3.19. The van der Waals surface area contributed by atoms with Crippen LogP contribution >= 0.6 is 11.6 Å². The number of ether oxygens (including phenoxy) is 2. The number of hydrogen-bond acceptors (Lipinski definition) is 5. The Morgan fingerprint density at radius 2 is 1.80 bits per heavy atom. The van der Waals surface area contributed by atoms with Crippen LogP contribution < -0.4 is 14.2 Å². The van der Waals surface area contributed by atoms with Crippen LogP contribution in [0.3, 0.4) is 0 Å². The summed E-state index contributed by atoms with van der Waals surface area (Å²) in [6.07, 6.45) is 0. The number of benzene rings is 1. The number of rotatable bonds is 6. The third-order valence-corrected chi connectivity index (χ3v) is 4.49. The van der Waals surface area contributed by atoms with Gasteiger partial charge in [-0.15, -0.1) is 0 Å². The van der Waals surface area contributed by atoms with Crippen LogP contribution in [0.1, 0.15) is 6.92 Å². The van der Waals surface area contributed by atoms with Gasteiger partial charge in [-0.1, -0.05) is 11.6 Å². The first kappa shape index (κ1) is 16.4. The maximum Gasteiger partial charge on any atom is 0.323 e. The molecule has 0 radical (unpaired) electrons. The average molecular weight is 324 g/mol. The lowest BCUT2D eigenvalue weighted by Crippen LogP contribution is -2.32. The fourth-order valence-corrected chi connectivity index (χ4v) is 2.48. The number of carboxylic acid groups (broad SMARTS) is 1. The van der Waals surface area contributed by atoms with Crippen LogP contribution in [0.25, 0.3) is 0 Å². The number of halogens is 1. The third-order valence-electron chi connectivity index (χ3n) is 2.54. The van der Waals surface area contributed by atoms with Gasteiger partial charge in [-0.05, 0) is 6.92 Å². The molecule has 0 aromatic heterocycles. The van der Waals surface area contributed by atoms with Crippen molar-refractivity contribution in [1.82, 2.24) is 0 Å². The Labute approximate surface area is 121 Å². The van der Waals surface area contributed by atoms with E-state index in [0.717, 1.165) is 6.92 Å². The number of carboxylic acids is 1. The molecule has 0 aliphatic rings.